The first kappa shape index (κ1) is 11.5. The maximum atomic E-state index is 5.76. The van der Waals surface area contributed by atoms with Crippen LogP contribution < -0.4 is 11.5 Å². The average molecular weight is 249 g/mol. The maximum Gasteiger partial charge on any atom is 0.0706 e. The molecule has 4 N–H and O–H groups in total. The summed E-state index contributed by atoms with van der Waals surface area (Å²) in [6.45, 7) is 0. The molecule has 0 saturated carbocycles. The molecule has 0 fully saturated rings. The zero-order chi connectivity index (χ0) is 13.2. The summed E-state index contributed by atoms with van der Waals surface area (Å²) in [5.74, 6) is 0. The lowest BCUT2D eigenvalue weighted by molar-refractivity contribution is 1.10. The Hall–Kier alpha value is -2.55. The van der Waals surface area contributed by atoms with Crippen molar-refractivity contribution in [2.75, 3.05) is 11.5 Å². The van der Waals surface area contributed by atoms with Crippen LogP contribution in [0.25, 0.3) is 10.9 Å². The molecule has 2 aromatic carbocycles. The largest absolute Gasteiger partial charge is 0.399 e. The summed E-state index contributed by atoms with van der Waals surface area (Å²) in [6, 6.07) is 17.8. The number of benzene rings is 2. The fraction of sp³-hybridized carbons (Fsp3) is 0.0625. The first-order valence-electron chi connectivity index (χ1n) is 6.20. The van der Waals surface area contributed by atoms with Gasteiger partial charge in [-0.3, -0.25) is 4.98 Å². The van der Waals surface area contributed by atoms with Crippen molar-refractivity contribution in [3.8, 4) is 0 Å². The van der Waals surface area contributed by atoms with E-state index in [0.29, 0.717) is 0 Å². The van der Waals surface area contributed by atoms with Gasteiger partial charge in [-0.25, -0.2) is 0 Å². The van der Waals surface area contributed by atoms with E-state index >= 15 is 0 Å². The predicted octanol–water partition coefficient (Wildman–Crippen LogP) is 2.99. The summed E-state index contributed by atoms with van der Waals surface area (Å²) in [7, 11) is 0. The van der Waals surface area contributed by atoms with Crippen LogP contribution in [0, 0.1) is 0 Å². The normalized spacial score (nSPS) is 10.7. The molecule has 0 amide bonds. The SMILES string of the molecule is Nc1ccc(Cc2ccc3cc(N)ccc3n2)cc1. The van der Waals surface area contributed by atoms with E-state index in [9.17, 15) is 0 Å². The van der Waals surface area contributed by atoms with Gasteiger partial charge in [0.2, 0.25) is 0 Å². The second kappa shape index (κ2) is 4.61. The fourth-order valence-electron chi connectivity index (χ4n) is 2.13. The first-order chi connectivity index (χ1) is 9.20. The van der Waals surface area contributed by atoms with Gasteiger partial charge in [0.1, 0.15) is 0 Å². The highest BCUT2D eigenvalue weighted by Crippen LogP contribution is 2.18. The smallest absolute Gasteiger partial charge is 0.0706 e. The van der Waals surface area contributed by atoms with Gasteiger partial charge < -0.3 is 11.5 Å². The minimum Gasteiger partial charge on any atom is -0.399 e. The summed E-state index contributed by atoms with van der Waals surface area (Å²) >= 11 is 0. The number of anilines is 2. The Bertz CT molecular complexity index is 718. The number of rotatable bonds is 2. The van der Waals surface area contributed by atoms with Crippen LogP contribution in [0.4, 0.5) is 11.4 Å². The molecule has 94 valence electrons. The third kappa shape index (κ3) is 2.50. The van der Waals surface area contributed by atoms with Crippen LogP contribution in [0.5, 0.6) is 0 Å². The van der Waals surface area contributed by atoms with Crippen LogP contribution in [0.3, 0.4) is 0 Å². The topological polar surface area (TPSA) is 64.9 Å². The minimum atomic E-state index is 0.764. The summed E-state index contributed by atoms with van der Waals surface area (Å²) in [5, 5.41) is 1.07. The van der Waals surface area contributed by atoms with Crippen LogP contribution in [0.1, 0.15) is 11.3 Å². The van der Waals surface area contributed by atoms with E-state index in [4.69, 9.17) is 11.5 Å². The molecule has 0 atom stereocenters. The van der Waals surface area contributed by atoms with E-state index in [1.54, 1.807) is 0 Å². The molecule has 0 aliphatic carbocycles. The molecule has 1 heterocycles. The van der Waals surface area contributed by atoms with Crippen LogP contribution in [-0.2, 0) is 6.42 Å². The minimum absolute atomic E-state index is 0.764. The fourth-order valence-corrected chi connectivity index (χ4v) is 2.13. The van der Waals surface area contributed by atoms with Gasteiger partial charge in [0.25, 0.3) is 0 Å². The van der Waals surface area contributed by atoms with Crippen molar-refractivity contribution < 1.29 is 0 Å². The van der Waals surface area contributed by atoms with Crippen molar-refractivity contribution in [3.63, 3.8) is 0 Å². The highest BCUT2D eigenvalue weighted by atomic mass is 14.7. The quantitative estimate of drug-likeness (QED) is 0.686. The van der Waals surface area contributed by atoms with Gasteiger partial charge in [-0.1, -0.05) is 18.2 Å². The second-order valence-electron chi connectivity index (χ2n) is 4.67. The zero-order valence-corrected chi connectivity index (χ0v) is 10.5. The summed E-state index contributed by atoms with van der Waals surface area (Å²) in [4.78, 5) is 4.65. The number of hydrogen-bond donors (Lipinski definition) is 2. The molecule has 0 saturated heterocycles. The zero-order valence-electron chi connectivity index (χ0n) is 10.5. The van der Waals surface area contributed by atoms with Crippen molar-refractivity contribution in [2.24, 2.45) is 0 Å². The van der Waals surface area contributed by atoms with Crippen LogP contribution >= 0.6 is 0 Å². The van der Waals surface area contributed by atoms with Gasteiger partial charge in [-0.05, 0) is 42.0 Å². The Morgan fingerprint density at radius 3 is 2.32 bits per heavy atom. The van der Waals surface area contributed by atoms with E-state index in [1.807, 2.05) is 48.5 Å². The van der Waals surface area contributed by atoms with E-state index in [-0.39, 0.29) is 0 Å². The van der Waals surface area contributed by atoms with Crippen molar-refractivity contribution in [1.29, 1.82) is 0 Å². The predicted molar refractivity (Wildman–Crippen MR) is 79.8 cm³/mol. The Kier molecular flexibility index (Phi) is 2.80. The summed E-state index contributed by atoms with van der Waals surface area (Å²) in [6.07, 6.45) is 0.806. The second-order valence-corrected chi connectivity index (χ2v) is 4.67. The van der Waals surface area contributed by atoms with Gasteiger partial charge in [-0.2, -0.15) is 0 Å². The molecule has 3 rings (SSSR count). The first-order valence-corrected chi connectivity index (χ1v) is 6.20. The third-order valence-corrected chi connectivity index (χ3v) is 3.14. The van der Waals surface area contributed by atoms with Gasteiger partial charge in [0.15, 0.2) is 0 Å². The van der Waals surface area contributed by atoms with Gasteiger partial charge in [0.05, 0.1) is 5.52 Å². The molecule has 3 aromatic rings. The van der Waals surface area contributed by atoms with Crippen LogP contribution in [0.2, 0.25) is 0 Å². The van der Waals surface area contributed by atoms with Gasteiger partial charge in [-0.15, -0.1) is 0 Å². The van der Waals surface area contributed by atoms with E-state index in [2.05, 4.69) is 11.1 Å². The lowest BCUT2D eigenvalue weighted by atomic mass is 10.1. The number of nitrogens with two attached hydrogens (primary N) is 2. The third-order valence-electron chi connectivity index (χ3n) is 3.14. The van der Waals surface area contributed by atoms with E-state index in [1.165, 1.54) is 5.56 Å². The molecule has 0 aliphatic heterocycles. The lowest BCUT2D eigenvalue weighted by Gasteiger charge is -2.04. The standard InChI is InChI=1S/C16H15N3/c17-13-4-1-11(2-5-13)9-15-7-3-12-10-14(18)6-8-16(12)19-15/h1-8,10H,9,17-18H2. The Morgan fingerprint density at radius 1 is 0.789 bits per heavy atom. The Labute approximate surface area is 111 Å². The highest BCUT2D eigenvalue weighted by molar-refractivity contribution is 5.82. The number of nitrogens with zero attached hydrogens (tertiary/aromatic N) is 1. The molecular weight excluding hydrogens is 234 g/mol. The molecule has 0 aliphatic rings. The average Bonchev–Trinajstić information content (AvgIpc) is 2.42. The molecule has 0 unspecified atom stereocenters. The Morgan fingerprint density at radius 2 is 1.53 bits per heavy atom. The van der Waals surface area contributed by atoms with Crippen LogP contribution in [-0.4, -0.2) is 4.98 Å². The highest BCUT2D eigenvalue weighted by Gasteiger charge is 2.01. The van der Waals surface area contributed by atoms with Crippen molar-refractivity contribution in [1.82, 2.24) is 4.98 Å². The van der Waals surface area contributed by atoms with Gasteiger partial charge >= 0.3 is 0 Å². The number of pyridine rings is 1. The molecule has 0 radical (unpaired) electrons. The van der Waals surface area contributed by atoms with Crippen LogP contribution in [0.15, 0.2) is 54.6 Å². The Balaban J connectivity index is 1.93. The monoisotopic (exact) mass is 249 g/mol. The summed E-state index contributed by atoms with van der Waals surface area (Å²) in [5.41, 5.74) is 16.2. The number of hydrogen-bond acceptors (Lipinski definition) is 3. The molecule has 1 aromatic heterocycles. The number of nitrogen functional groups attached to an aromatic ring is 2. The van der Waals surface area contributed by atoms with Crippen molar-refractivity contribution in [3.05, 3.63) is 65.9 Å². The van der Waals surface area contributed by atoms with E-state index < -0.39 is 0 Å². The lowest BCUT2D eigenvalue weighted by Crippen LogP contribution is -1.94. The van der Waals surface area contributed by atoms with Crippen molar-refractivity contribution >= 4 is 22.3 Å². The molecular formula is C16H15N3. The molecule has 3 nitrogen and oxygen atoms in total. The van der Waals surface area contributed by atoms with Crippen molar-refractivity contribution in [2.45, 2.75) is 6.42 Å². The molecule has 3 heteroatoms. The number of fused-ring (bicyclic) bond motifs is 1. The number of aromatic nitrogens is 1. The molecule has 0 bridgehead atoms. The summed E-state index contributed by atoms with van der Waals surface area (Å²) < 4.78 is 0. The maximum absolute atomic E-state index is 5.76. The molecule has 19 heavy (non-hydrogen) atoms. The van der Waals surface area contributed by atoms with E-state index in [0.717, 1.165) is 34.4 Å². The van der Waals surface area contributed by atoms with Gasteiger partial charge in [0, 0.05) is 28.9 Å². The molecule has 0 spiro atoms.